The molecule has 1 unspecified atom stereocenters. The van der Waals surface area contributed by atoms with Crippen LogP contribution < -0.4 is 25.2 Å². The summed E-state index contributed by atoms with van der Waals surface area (Å²) in [6, 6.07) is 5.61. The van der Waals surface area contributed by atoms with E-state index in [-0.39, 0.29) is 17.7 Å². The summed E-state index contributed by atoms with van der Waals surface area (Å²) in [7, 11) is 5.31. The van der Waals surface area contributed by atoms with E-state index in [1.54, 1.807) is 42.7 Å². The molecule has 11 nitrogen and oxygen atoms in total. The lowest BCUT2D eigenvalue weighted by Gasteiger charge is -2.31. The molecule has 11 heteroatoms. The predicted octanol–water partition coefficient (Wildman–Crippen LogP) is 4.08. The normalized spacial score (nSPS) is 17.4. The topological polar surface area (TPSA) is 118 Å². The molecular formula is C30H40N8O3. The van der Waals surface area contributed by atoms with Crippen molar-refractivity contribution in [1.29, 1.82) is 0 Å². The second-order valence-corrected chi connectivity index (χ2v) is 11.0. The van der Waals surface area contributed by atoms with E-state index >= 15 is 0 Å². The van der Waals surface area contributed by atoms with Crippen molar-refractivity contribution < 1.29 is 14.3 Å². The molecule has 2 aliphatic rings. The van der Waals surface area contributed by atoms with Crippen molar-refractivity contribution in [2.75, 3.05) is 42.4 Å². The Morgan fingerprint density at radius 1 is 1.17 bits per heavy atom. The highest BCUT2D eigenvalue weighted by atomic mass is 16.5. The first-order valence-corrected chi connectivity index (χ1v) is 14.5. The van der Waals surface area contributed by atoms with Gasteiger partial charge in [-0.1, -0.05) is 26.2 Å². The van der Waals surface area contributed by atoms with Gasteiger partial charge in [0.25, 0.3) is 5.91 Å². The molecule has 1 aliphatic heterocycles. The molecule has 5 rings (SSSR count). The van der Waals surface area contributed by atoms with Gasteiger partial charge in [-0.15, -0.1) is 0 Å². The first-order chi connectivity index (χ1) is 19.9. The van der Waals surface area contributed by atoms with E-state index < -0.39 is 0 Å². The van der Waals surface area contributed by atoms with Gasteiger partial charge in [0.1, 0.15) is 11.4 Å². The van der Waals surface area contributed by atoms with Crippen molar-refractivity contribution in [2.24, 2.45) is 13.0 Å². The van der Waals surface area contributed by atoms with E-state index in [9.17, 15) is 9.59 Å². The zero-order chi connectivity index (χ0) is 28.9. The third kappa shape index (κ3) is 6.28. The number of benzene rings is 1. The van der Waals surface area contributed by atoms with Gasteiger partial charge in [-0.3, -0.25) is 9.59 Å². The standard InChI is InChI=1S/C30H40N8O3/c1-5-8-21-17-38(23-9-6-7-10-23)27-25(37(3)29(21)40)16-32-30(35-27)34-24-12-11-20(15-26(24)41-4)28(39)31-14-13-22-18-36(2)19-33-22/h11-12,15-16,18-19,21,23H,5-10,13-14,17H2,1-4H3,(H,31,39)(H,32,34,35). The lowest BCUT2D eigenvalue weighted by atomic mass is 10.0. The Labute approximate surface area is 241 Å². The number of rotatable bonds is 10. The molecule has 3 heterocycles. The number of aromatic nitrogens is 4. The number of anilines is 4. The SMILES string of the molecule is CCCC1CN(C2CCCC2)c2nc(Nc3ccc(C(=O)NCCc4cn(C)cn4)cc3OC)ncc2N(C)C1=O. The largest absolute Gasteiger partial charge is 0.495 e. The van der Waals surface area contributed by atoms with Crippen LogP contribution in [-0.2, 0) is 18.3 Å². The van der Waals surface area contributed by atoms with Gasteiger partial charge < -0.3 is 29.7 Å². The van der Waals surface area contributed by atoms with E-state index in [0.717, 1.165) is 42.9 Å². The first kappa shape index (κ1) is 28.4. The third-order valence-electron chi connectivity index (χ3n) is 8.02. The van der Waals surface area contributed by atoms with Crippen LogP contribution in [0.1, 0.15) is 61.5 Å². The summed E-state index contributed by atoms with van der Waals surface area (Å²) >= 11 is 0. The Morgan fingerprint density at radius 2 is 1.98 bits per heavy atom. The van der Waals surface area contributed by atoms with Crippen molar-refractivity contribution in [2.45, 2.75) is 57.9 Å². The van der Waals surface area contributed by atoms with E-state index in [0.29, 0.717) is 48.5 Å². The van der Waals surface area contributed by atoms with Gasteiger partial charge in [0.15, 0.2) is 5.82 Å². The Bertz CT molecular complexity index is 1380. The second kappa shape index (κ2) is 12.6. The van der Waals surface area contributed by atoms with Crippen LogP contribution >= 0.6 is 0 Å². The number of carbonyl (C=O) groups excluding carboxylic acids is 2. The molecule has 1 aliphatic carbocycles. The minimum absolute atomic E-state index is 0.0704. The number of hydrogen-bond donors (Lipinski definition) is 2. The van der Waals surface area contributed by atoms with Crippen molar-refractivity contribution in [3.63, 3.8) is 0 Å². The molecule has 41 heavy (non-hydrogen) atoms. The van der Waals surface area contributed by atoms with Crippen molar-refractivity contribution in [3.8, 4) is 5.75 Å². The molecule has 3 aromatic rings. The summed E-state index contributed by atoms with van der Waals surface area (Å²) in [4.78, 5) is 44.0. The van der Waals surface area contributed by atoms with Crippen LogP contribution in [0, 0.1) is 5.92 Å². The zero-order valence-corrected chi connectivity index (χ0v) is 24.4. The fourth-order valence-electron chi connectivity index (χ4n) is 5.83. The van der Waals surface area contributed by atoms with Crippen LogP contribution in [0.25, 0.3) is 0 Å². The highest BCUT2D eigenvalue weighted by Gasteiger charge is 2.36. The predicted molar refractivity (Wildman–Crippen MR) is 159 cm³/mol. The number of fused-ring (bicyclic) bond motifs is 1. The van der Waals surface area contributed by atoms with Gasteiger partial charge in [-0.25, -0.2) is 9.97 Å². The summed E-state index contributed by atoms with van der Waals surface area (Å²) in [5.41, 5.74) is 2.79. The summed E-state index contributed by atoms with van der Waals surface area (Å²) in [6.07, 6.45) is 12.4. The van der Waals surface area contributed by atoms with Crippen LogP contribution in [0.15, 0.2) is 36.9 Å². The maximum absolute atomic E-state index is 13.3. The highest BCUT2D eigenvalue weighted by Crippen LogP contribution is 2.38. The molecule has 1 atom stereocenters. The van der Waals surface area contributed by atoms with Crippen LogP contribution in [0.5, 0.6) is 5.75 Å². The Morgan fingerprint density at radius 3 is 2.68 bits per heavy atom. The summed E-state index contributed by atoms with van der Waals surface area (Å²) in [5.74, 6) is 1.56. The molecule has 0 spiro atoms. The van der Waals surface area contributed by atoms with Crippen LogP contribution in [0.3, 0.4) is 0 Å². The molecule has 1 aromatic carbocycles. The highest BCUT2D eigenvalue weighted by molar-refractivity contribution is 5.99. The third-order valence-corrected chi connectivity index (χ3v) is 8.02. The number of amides is 2. The average molecular weight is 561 g/mol. The van der Waals surface area contributed by atoms with Crippen LogP contribution in [0.4, 0.5) is 23.1 Å². The van der Waals surface area contributed by atoms with Gasteiger partial charge in [0.2, 0.25) is 11.9 Å². The lowest BCUT2D eigenvalue weighted by molar-refractivity contribution is -0.121. The van der Waals surface area contributed by atoms with Crippen molar-refractivity contribution in [1.82, 2.24) is 24.8 Å². The molecule has 2 aromatic heterocycles. The van der Waals surface area contributed by atoms with Gasteiger partial charge >= 0.3 is 0 Å². The average Bonchev–Trinajstić information content (AvgIpc) is 3.65. The molecule has 218 valence electrons. The van der Waals surface area contributed by atoms with Gasteiger partial charge in [0, 0.05) is 51.4 Å². The maximum atomic E-state index is 13.3. The van der Waals surface area contributed by atoms with Crippen molar-refractivity contribution in [3.05, 3.63) is 48.2 Å². The van der Waals surface area contributed by atoms with Gasteiger partial charge in [-0.05, 0) is 37.5 Å². The maximum Gasteiger partial charge on any atom is 0.251 e. The molecular weight excluding hydrogens is 520 g/mol. The van der Waals surface area contributed by atoms with Crippen LogP contribution in [0.2, 0.25) is 0 Å². The monoisotopic (exact) mass is 560 g/mol. The Balaban J connectivity index is 1.35. The molecule has 2 N–H and O–H groups in total. The summed E-state index contributed by atoms with van der Waals surface area (Å²) in [5, 5.41) is 6.22. The molecule has 0 bridgehead atoms. The Kier molecular flexibility index (Phi) is 8.70. The number of imidazole rings is 1. The zero-order valence-electron chi connectivity index (χ0n) is 24.4. The number of nitrogens with zero attached hydrogens (tertiary/aromatic N) is 6. The Hall–Kier alpha value is -4.15. The van der Waals surface area contributed by atoms with E-state index in [1.807, 2.05) is 24.9 Å². The van der Waals surface area contributed by atoms with E-state index in [4.69, 9.17) is 9.72 Å². The smallest absolute Gasteiger partial charge is 0.251 e. The summed E-state index contributed by atoms with van der Waals surface area (Å²) in [6.45, 7) is 3.27. The quantitative estimate of drug-likeness (QED) is 0.381. The fraction of sp³-hybridized carbons (Fsp3) is 0.500. The summed E-state index contributed by atoms with van der Waals surface area (Å²) < 4.78 is 7.50. The molecule has 0 radical (unpaired) electrons. The number of aryl methyl sites for hydroxylation is 1. The minimum atomic E-state index is -0.186. The number of ether oxygens (including phenoxy) is 1. The van der Waals surface area contributed by atoms with E-state index in [2.05, 4.69) is 32.4 Å². The van der Waals surface area contributed by atoms with Gasteiger partial charge in [0.05, 0.1) is 36.9 Å². The van der Waals surface area contributed by atoms with E-state index in [1.165, 1.54) is 12.8 Å². The number of nitrogens with one attached hydrogen (secondary N) is 2. The second-order valence-electron chi connectivity index (χ2n) is 11.0. The van der Waals surface area contributed by atoms with Gasteiger partial charge in [-0.2, -0.15) is 4.98 Å². The number of methoxy groups -OCH3 is 1. The van der Waals surface area contributed by atoms with Crippen molar-refractivity contribution >= 4 is 35.0 Å². The number of hydrogen-bond acceptors (Lipinski definition) is 8. The lowest BCUT2D eigenvalue weighted by Crippen LogP contribution is -2.40. The fourth-order valence-corrected chi connectivity index (χ4v) is 5.83. The number of carbonyl (C=O) groups is 2. The molecule has 0 saturated heterocycles. The van der Waals surface area contributed by atoms with Crippen LogP contribution in [-0.4, -0.2) is 64.6 Å². The minimum Gasteiger partial charge on any atom is -0.495 e. The first-order valence-electron chi connectivity index (χ1n) is 14.5. The molecule has 1 saturated carbocycles. The molecule has 2 amide bonds. The molecule has 1 fully saturated rings.